The number of piperazine rings is 1. The lowest BCUT2D eigenvalue weighted by Gasteiger charge is -2.34. The highest BCUT2D eigenvalue weighted by Gasteiger charge is 2.22. The molecule has 2 rings (SSSR count). The average molecular weight is 278 g/mol. The van der Waals surface area contributed by atoms with Crippen LogP contribution >= 0.6 is 0 Å². The molecule has 0 radical (unpaired) electrons. The predicted octanol–water partition coefficient (Wildman–Crippen LogP) is 0.462. The molecular formula is C14H18N2O4. The molecule has 0 unspecified atom stereocenters. The minimum atomic E-state index is -0.142. The summed E-state index contributed by atoms with van der Waals surface area (Å²) in [7, 11) is 0. The van der Waals surface area contributed by atoms with Gasteiger partial charge in [-0.2, -0.15) is 0 Å². The molecule has 1 aromatic carbocycles. The summed E-state index contributed by atoms with van der Waals surface area (Å²) in [4.78, 5) is 26.6. The van der Waals surface area contributed by atoms with Crippen molar-refractivity contribution in [3.63, 3.8) is 0 Å². The van der Waals surface area contributed by atoms with E-state index < -0.39 is 0 Å². The number of para-hydroxylation sites is 2. The fourth-order valence-corrected chi connectivity index (χ4v) is 2.08. The molecule has 0 bridgehead atoms. The van der Waals surface area contributed by atoms with E-state index in [1.54, 1.807) is 28.0 Å². The van der Waals surface area contributed by atoms with Crippen LogP contribution in [-0.2, 0) is 9.59 Å². The minimum absolute atomic E-state index is 0.0155. The molecule has 1 saturated heterocycles. The van der Waals surface area contributed by atoms with Crippen LogP contribution in [-0.4, -0.2) is 59.5 Å². The summed E-state index contributed by atoms with van der Waals surface area (Å²) in [5, 5.41) is 9.54. The molecule has 1 heterocycles. The van der Waals surface area contributed by atoms with Crippen molar-refractivity contribution in [2.75, 3.05) is 32.8 Å². The third-order valence-electron chi connectivity index (χ3n) is 3.29. The second kappa shape index (κ2) is 6.27. The molecule has 6 nitrogen and oxygen atoms in total. The van der Waals surface area contributed by atoms with Crippen molar-refractivity contribution in [3.05, 3.63) is 24.3 Å². The summed E-state index contributed by atoms with van der Waals surface area (Å²) < 4.78 is 5.30. The number of hydrogen-bond acceptors (Lipinski definition) is 4. The first-order valence-electron chi connectivity index (χ1n) is 6.52. The van der Waals surface area contributed by atoms with Crippen molar-refractivity contribution in [3.8, 4) is 11.5 Å². The van der Waals surface area contributed by atoms with Gasteiger partial charge in [-0.3, -0.25) is 9.59 Å². The highest BCUT2D eigenvalue weighted by Crippen LogP contribution is 2.24. The Morgan fingerprint density at radius 1 is 1.15 bits per heavy atom. The first-order valence-corrected chi connectivity index (χ1v) is 6.52. The van der Waals surface area contributed by atoms with E-state index >= 15 is 0 Å². The number of amides is 2. The molecule has 0 aliphatic carbocycles. The Kier molecular flexibility index (Phi) is 4.45. The molecular weight excluding hydrogens is 260 g/mol. The number of benzene rings is 1. The van der Waals surface area contributed by atoms with Crippen molar-refractivity contribution < 1.29 is 19.4 Å². The maximum atomic E-state index is 12.0. The highest BCUT2D eigenvalue weighted by molar-refractivity contribution is 5.78. The number of carbonyl (C=O) groups is 2. The molecule has 6 heteroatoms. The summed E-state index contributed by atoms with van der Waals surface area (Å²) in [6.07, 6.45) is 0. The Labute approximate surface area is 117 Å². The zero-order valence-corrected chi connectivity index (χ0v) is 11.4. The zero-order valence-electron chi connectivity index (χ0n) is 11.4. The van der Waals surface area contributed by atoms with Gasteiger partial charge in [0.25, 0.3) is 5.91 Å². The molecule has 20 heavy (non-hydrogen) atoms. The molecule has 1 aliphatic heterocycles. The van der Waals surface area contributed by atoms with Crippen molar-refractivity contribution >= 4 is 11.8 Å². The van der Waals surface area contributed by atoms with Crippen LogP contribution in [0.3, 0.4) is 0 Å². The number of ether oxygens (including phenoxy) is 1. The molecule has 1 aromatic rings. The largest absolute Gasteiger partial charge is 0.504 e. The van der Waals surface area contributed by atoms with E-state index in [2.05, 4.69) is 0 Å². The summed E-state index contributed by atoms with van der Waals surface area (Å²) in [6, 6.07) is 6.53. The zero-order chi connectivity index (χ0) is 14.5. The lowest BCUT2D eigenvalue weighted by molar-refractivity contribution is -0.139. The number of nitrogens with zero attached hydrogens (tertiary/aromatic N) is 2. The van der Waals surface area contributed by atoms with Crippen molar-refractivity contribution in [1.29, 1.82) is 0 Å². The Morgan fingerprint density at radius 3 is 2.35 bits per heavy atom. The van der Waals surface area contributed by atoms with E-state index in [0.29, 0.717) is 31.9 Å². The quantitative estimate of drug-likeness (QED) is 0.872. The van der Waals surface area contributed by atoms with E-state index in [4.69, 9.17) is 4.74 Å². The number of aromatic hydroxyl groups is 1. The second-order valence-electron chi connectivity index (χ2n) is 4.64. The fraction of sp³-hybridized carbons (Fsp3) is 0.429. The normalized spacial score (nSPS) is 15.1. The smallest absolute Gasteiger partial charge is 0.260 e. The Hall–Kier alpha value is -2.24. The number of carbonyl (C=O) groups excluding carboxylic acids is 2. The van der Waals surface area contributed by atoms with Crippen molar-refractivity contribution in [2.24, 2.45) is 0 Å². The predicted molar refractivity (Wildman–Crippen MR) is 72.4 cm³/mol. The molecule has 1 N–H and O–H groups in total. The molecule has 0 aromatic heterocycles. The van der Waals surface area contributed by atoms with E-state index in [1.165, 1.54) is 13.0 Å². The van der Waals surface area contributed by atoms with Gasteiger partial charge in [-0.25, -0.2) is 0 Å². The van der Waals surface area contributed by atoms with Gasteiger partial charge >= 0.3 is 0 Å². The summed E-state index contributed by atoms with van der Waals surface area (Å²) in [5.41, 5.74) is 0. The number of phenolic OH excluding ortho intramolecular Hbond substituents is 1. The first-order chi connectivity index (χ1) is 9.58. The first kappa shape index (κ1) is 14.2. The standard InChI is InChI=1S/C14H18N2O4/c1-11(17)15-6-8-16(9-7-15)14(19)10-20-13-5-3-2-4-12(13)18/h2-5,18H,6-10H2,1H3. The van der Waals surface area contributed by atoms with Gasteiger partial charge in [-0.05, 0) is 12.1 Å². The lowest BCUT2D eigenvalue weighted by atomic mass is 10.3. The fourth-order valence-electron chi connectivity index (χ4n) is 2.08. The maximum absolute atomic E-state index is 12.0. The lowest BCUT2D eigenvalue weighted by Crippen LogP contribution is -2.51. The summed E-state index contributed by atoms with van der Waals surface area (Å²) in [6.45, 7) is 3.55. The Bertz CT molecular complexity index is 496. The van der Waals surface area contributed by atoms with Crippen LogP contribution in [0, 0.1) is 0 Å². The van der Waals surface area contributed by atoms with Crippen LogP contribution in [0.25, 0.3) is 0 Å². The average Bonchev–Trinajstić information content (AvgIpc) is 2.46. The van der Waals surface area contributed by atoms with Crippen LogP contribution in [0.2, 0.25) is 0 Å². The second-order valence-corrected chi connectivity index (χ2v) is 4.64. The van der Waals surface area contributed by atoms with Gasteiger partial charge in [-0.1, -0.05) is 12.1 Å². The van der Waals surface area contributed by atoms with Gasteiger partial charge < -0.3 is 19.6 Å². The molecule has 1 aliphatic rings. The van der Waals surface area contributed by atoms with Gasteiger partial charge in [0.15, 0.2) is 18.1 Å². The molecule has 0 atom stereocenters. The summed E-state index contributed by atoms with van der Waals surface area (Å²) in [5.74, 6) is 0.198. The molecule has 2 amide bonds. The van der Waals surface area contributed by atoms with E-state index in [9.17, 15) is 14.7 Å². The third-order valence-corrected chi connectivity index (χ3v) is 3.29. The number of rotatable bonds is 3. The van der Waals surface area contributed by atoms with E-state index in [1.807, 2.05) is 0 Å². The minimum Gasteiger partial charge on any atom is -0.504 e. The molecule has 0 spiro atoms. The van der Waals surface area contributed by atoms with Gasteiger partial charge in [0.05, 0.1) is 0 Å². The van der Waals surface area contributed by atoms with E-state index in [-0.39, 0.29) is 24.2 Å². The van der Waals surface area contributed by atoms with Gasteiger partial charge in [-0.15, -0.1) is 0 Å². The van der Waals surface area contributed by atoms with Crippen molar-refractivity contribution in [2.45, 2.75) is 6.92 Å². The van der Waals surface area contributed by atoms with Gasteiger partial charge in [0.2, 0.25) is 5.91 Å². The van der Waals surface area contributed by atoms with Gasteiger partial charge in [0.1, 0.15) is 0 Å². The van der Waals surface area contributed by atoms with Crippen LogP contribution in [0.15, 0.2) is 24.3 Å². The highest BCUT2D eigenvalue weighted by atomic mass is 16.5. The third kappa shape index (κ3) is 3.40. The van der Waals surface area contributed by atoms with Crippen molar-refractivity contribution in [1.82, 2.24) is 9.80 Å². The van der Waals surface area contributed by atoms with Gasteiger partial charge in [0, 0.05) is 33.1 Å². The number of phenols is 1. The topological polar surface area (TPSA) is 70.1 Å². The monoisotopic (exact) mass is 278 g/mol. The van der Waals surface area contributed by atoms with Crippen LogP contribution in [0.1, 0.15) is 6.92 Å². The number of hydrogen-bond donors (Lipinski definition) is 1. The van der Waals surface area contributed by atoms with Crippen LogP contribution in [0.4, 0.5) is 0 Å². The van der Waals surface area contributed by atoms with Crippen LogP contribution in [0.5, 0.6) is 11.5 Å². The molecule has 1 fully saturated rings. The molecule has 0 saturated carbocycles. The molecule has 108 valence electrons. The Morgan fingerprint density at radius 2 is 1.75 bits per heavy atom. The summed E-state index contributed by atoms with van der Waals surface area (Å²) >= 11 is 0. The Balaban J connectivity index is 1.82. The van der Waals surface area contributed by atoms with Crippen LogP contribution < -0.4 is 4.74 Å². The maximum Gasteiger partial charge on any atom is 0.260 e. The SMILES string of the molecule is CC(=O)N1CCN(C(=O)COc2ccccc2O)CC1. The van der Waals surface area contributed by atoms with E-state index in [0.717, 1.165) is 0 Å².